The van der Waals surface area contributed by atoms with Gasteiger partial charge in [0.05, 0.1) is 39.9 Å². The molecule has 0 saturated carbocycles. The first-order valence-electron chi connectivity index (χ1n) is 31.6. The maximum atomic E-state index is 13.0. The zero-order valence-electron chi connectivity index (χ0n) is 48.5. The molecular weight excluding hydrogens is 900 g/mol. The SMILES string of the molecule is CCCCCCCCCCCCCC/C=C\CCCCCCCCCCCC(=O)NC(COP(=O)(O)OCC[N+](C)(C)C)C(O)CCCCCCCCCCCCCCCCCCCCCCCCCC. The average molecular weight is 1030 g/mol. The lowest BCUT2D eigenvalue weighted by atomic mass is 10.0. The summed E-state index contributed by atoms with van der Waals surface area (Å²) in [6.45, 7) is 4.95. The normalized spacial score (nSPS) is 13.8. The summed E-state index contributed by atoms with van der Waals surface area (Å²) < 4.78 is 23.8. The minimum atomic E-state index is -4.32. The van der Waals surface area contributed by atoms with E-state index in [1.807, 2.05) is 21.1 Å². The van der Waals surface area contributed by atoms with Crippen LogP contribution in [0.2, 0.25) is 0 Å². The van der Waals surface area contributed by atoms with Crippen LogP contribution in [0.3, 0.4) is 0 Å². The predicted octanol–water partition coefficient (Wildman–Crippen LogP) is 19.4. The zero-order valence-corrected chi connectivity index (χ0v) is 49.4. The fourth-order valence-corrected chi connectivity index (χ4v) is 10.5. The van der Waals surface area contributed by atoms with Crippen LogP contribution in [-0.2, 0) is 18.4 Å². The Morgan fingerprint density at radius 1 is 0.465 bits per heavy atom. The highest BCUT2D eigenvalue weighted by Gasteiger charge is 2.28. The molecule has 3 unspecified atom stereocenters. The third kappa shape index (κ3) is 56.8. The summed E-state index contributed by atoms with van der Waals surface area (Å²) >= 11 is 0. The van der Waals surface area contributed by atoms with Crippen LogP contribution in [0.15, 0.2) is 12.2 Å². The molecule has 0 aromatic rings. The molecule has 3 N–H and O–H groups in total. The molecule has 0 bridgehead atoms. The molecule has 9 heteroatoms. The fraction of sp³-hybridized carbons (Fsp3) is 0.952. The monoisotopic (exact) mass is 1030 g/mol. The van der Waals surface area contributed by atoms with E-state index < -0.39 is 20.0 Å². The Morgan fingerprint density at radius 2 is 0.761 bits per heavy atom. The Kier molecular flexibility index (Phi) is 53.5. The van der Waals surface area contributed by atoms with Gasteiger partial charge in [0.2, 0.25) is 5.91 Å². The third-order valence-electron chi connectivity index (χ3n) is 14.8. The molecule has 0 radical (unpaired) electrons. The molecule has 0 aliphatic heterocycles. The van der Waals surface area contributed by atoms with Gasteiger partial charge in [-0.1, -0.05) is 296 Å². The van der Waals surface area contributed by atoms with E-state index >= 15 is 0 Å². The number of hydrogen-bond acceptors (Lipinski definition) is 5. The first kappa shape index (κ1) is 70.2. The van der Waals surface area contributed by atoms with Gasteiger partial charge in [0.1, 0.15) is 13.2 Å². The zero-order chi connectivity index (χ0) is 52.0. The number of nitrogens with zero attached hydrogens (tertiary/aromatic N) is 1. The van der Waals surface area contributed by atoms with Crippen LogP contribution >= 0.6 is 7.82 Å². The first-order valence-corrected chi connectivity index (χ1v) is 33.0. The standard InChI is InChI=1S/C62H125N2O6P/c1-6-8-10-12-14-16-18-20-22-24-26-28-30-32-34-36-38-40-42-44-46-48-50-52-54-56-62(66)63-60(59-70-71(67,68)69-58-57-64(3,4)5)61(65)55-53-51-49-47-45-43-41-39-37-35-33-31-29-27-25-23-21-19-17-15-13-11-9-7-2/h32,34,60-61,65H,6-31,33,35-59H2,1-5H3,(H-,63,66,67,68)/p+1/b34-32-. The number of carbonyl (C=O) groups excluding carboxylic acids is 1. The number of phosphoric acid groups is 1. The van der Waals surface area contributed by atoms with Crippen LogP contribution < -0.4 is 5.32 Å². The Bertz CT molecular complexity index is 1160. The van der Waals surface area contributed by atoms with Gasteiger partial charge in [-0.2, -0.15) is 0 Å². The van der Waals surface area contributed by atoms with Crippen molar-refractivity contribution in [1.29, 1.82) is 0 Å². The van der Waals surface area contributed by atoms with Crippen molar-refractivity contribution >= 4 is 13.7 Å². The highest BCUT2D eigenvalue weighted by atomic mass is 31.2. The summed E-state index contributed by atoms with van der Waals surface area (Å²) in [7, 11) is 1.63. The number of nitrogens with one attached hydrogen (secondary N) is 1. The molecule has 0 aromatic heterocycles. The van der Waals surface area contributed by atoms with Crippen molar-refractivity contribution in [3.63, 3.8) is 0 Å². The Morgan fingerprint density at radius 3 is 1.08 bits per heavy atom. The highest BCUT2D eigenvalue weighted by Crippen LogP contribution is 2.43. The molecule has 8 nitrogen and oxygen atoms in total. The number of carbonyl (C=O) groups is 1. The van der Waals surface area contributed by atoms with E-state index in [2.05, 4.69) is 31.3 Å². The number of hydrogen-bond donors (Lipinski definition) is 3. The van der Waals surface area contributed by atoms with Gasteiger partial charge < -0.3 is 19.8 Å². The fourth-order valence-electron chi connectivity index (χ4n) is 9.81. The molecule has 0 saturated heterocycles. The van der Waals surface area contributed by atoms with Crippen molar-refractivity contribution in [3.8, 4) is 0 Å². The van der Waals surface area contributed by atoms with Crippen LogP contribution in [0.25, 0.3) is 0 Å². The largest absolute Gasteiger partial charge is 0.472 e. The summed E-state index contributed by atoms with van der Waals surface area (Å²) in [5.74, 6) is -0.140. The molecule has 1 amide bonds. The number of phosphoric ester groups is 1. The van der Waals surface area contributed by atoms with E-state index in [-0.39, 0.29) is 19.1 Å². The van der Waals surface area contributed by atoms with Gasteiger partial charge in [-0.3, -0.25) is 13.8 Å². The summed E-state index contributed by atoms with van der Waals surface area (Å²) in [5, 5.41) is 14.1. The van der Waals surface area contributed by atoms with Gasteiger partial charge in [-0.25, -0.2) is 4.57 Å². The lowest BCUT2D eigenvalue weighted by Gasteiger charge is -2.26. The van der Waals surface area contributed by atoms with Crippen LogP contribution in [0, 0.1) is 0 Å². The number of allylic oxidation sites excluding steroid dienone is 2. The lowest BCUT2D eigenvalue weighted by Crippen LogP contribution is -2.46. The van der Waals surface area contributed by atoms with Crippen LogP contribution in [0.4, 0.5) is 0 Å². The van der Waals surface area contributed by atoms with E-state index in [4.69, 9.17) is 9.05 Å². The van der Waals surface area contributed by atoms with E-state index in [0.717, 1.165) is 38.5 Å². The minimum absolute atomic E-state index is 0.0770. The molecule has 0 aliphatic rings. The van der Waals surface area contributed by atoms with Gasteiger partial charge in [0.25, 0.3) is 0 Å². The van der Waals surface area contributed by atoms with Crippen molar-refractivity contribution in [3.05, 3.63) is 12.2 Å². The quantitative estimate of drug-likeness (QED) is 0.0243. The number of unbranched alkanes of at least 4 members (excludes halogenated alkanes) is 44. The van der Waals surface area contributed by atoms with Crippen molar-refractivity contribution in [2.75, 3.05) is 40.9 Å². The maximum Gasteiger partial charge on any atom is 0.472 e. The van der Waals surface area contributed by atoms with Gasteiger partial charge in [0, 0.05) is 6.42 Å². The van der Waals surface area contributed by atoms with Crippen molar-refractivity contribution < 1.29 is 32.9 Å². The third-order valence-corrected chi connectivity index (χ3v) is 15.7. The van der Waals surface area contributed by atoms with E-state index in [9.17, 15) is 19.4 Å². The van der Waals surface area contributed by atoms with Gasteiger partial charge >= 0.3 is 7.82 Å². The van der Waals surface area contributed by atoms with Crippen molar-refractivity contribution in [2.45, 2.75) is 341 Å². The van der Waals surface area contributed by atoms with Crippen molar-refractivity contribution in [2.24, 2.45) is 0 Å². The van der Waals surface area contributed by atoms with Gasteiger partial charge in [-0.05, 0) is 38.5 Å². The van der Waals surface area contributed by atoms with Crippen LogP contribution in [-0.4, -0.2) is 73.4 Å². The van der Waals surface area contributed by atoms with Gasteiger partial charge in [-0.15, -0.1) is 0 Å². The Balaban J connectivity index is 4.09. The number of quaternary nitrogens is 1. The predicted molar refractivity (Wildman–Crippen MR) is 309 cm³/mol. The molecular formula is C62H126N2O6P+. The van der Waals surface area contributed by atoms with E-state index in [0.29, 0.717) is 23.9 Å². The van der Waals surface area contributed by atoms with Crippen LogP contribution in [0.1, 0.15) is 328 Å². The van der Waals surface area contributed by atoms with E-state index in [1.165, 1.54) is 263 Å². The van der Waals surface area contributed by atoms with Crippen LogP contribution in [0.5, 0.6) is 0 Å². The Labute approximate surface area is 443 Å². The summed E-state index contributed by atoms with van der Waals surface area (Å²) in [4.78, 5) is 23.4. The molecule has 0 fully saturated rings. The van der Waals surface area contributed by atoms with Crippen molar-refractivity contribution in [1.82, 2.24) is 5.32 Å². The molecule has 0 heterocycles. The molecule has 3 atom stereocenters. The maximum absolute atomic E-state index is 13.0. The second-order valence-corrected chi connectivity index (χ2v) is 24.6. The average Bonchev–Trinajstić information content (AvgIpc) is 3.33. The highest BCUT2D eigenvalue weighted by molar-refractivity contribution is 7.47. The molecule has 0 aromatic carbocycles. The summed E-state index contributed by atoms with van der Waals surface area (Å²) in [6, 6.07) is -0.760. The molecule has 71 heavy (non-hydrogen) atoms. The molecule has 0 rings (SSSR count). The second-order valence-electron chi connectivity index (χ2n) is 23.1. The summed E-state index contributed by atoms with van der Waals surface area (Å²) in [5.41, 5.74) is 0. The number of amides is 1. The first-order chi connectivity index (χ1) is 34.5. The second kappa shape index (κ2) is 54.0. The number of aliphatic hydroxyl groups excluding tert-OH is 1. The number of aliphatic hydroxyl groups is 1. The minimum Gasteiger partial charge on any atom is -0.391 e. The smallest absolute Gasteiger partial charge is 0.391 e. The lowest BCUT2D eigenvalue weighted by molar-refractivity contribution is -0.870. The van der Waals surface area contributed by atoms with Gasteiger partial charge in [0.15, 0.2) is 0 Å². The molecule has 0 spiro atoms. The molecule has 0 aliphatic carbocycles. The number of rotatable bonds is 59. The molecule has 424 valence electrons. The topological polar surface area (TPSA) is 105 Å². The Hall–Kier alpha value is -0.760. The number of likely N-dealkylation sites (N-methyl/N-ethyl adjacent to an activating group) is 1. The van der Waals surface area contributed by atoms with E-state index in [1.54, 1.807) is 0 Å². The summed E-state index contributed by atoms with van der Waals surface area (Å²) in [6.07, 6.45) is 67.1.